The highest BCUT2D eigenvalue weighted by atomic mass is 16.4. The molecule has 3 amide bonds. The number of amides is 3. The second-order valence-electron chi connectivity index (χ2n) is 5.63. The SMILES string of the molecule is CC(NC(=O)C(C)NC(=O)CNC(=O)C(N)CCCN=C(N)N)C(=O)O. The lowest BCUT2D eigenvalue weighted by Crippen LogP contribution is -2.52. The molecule has 0 aliphatic rings. The van der Waals surface area contributed by atoms with Crippen molar-refractivity contribution in [2.45, 2.75) is 44.8 Å². The molecule has 12 nitrogen and oxygen atoms in total. The van der Waals surface area contributed by atoms with E-state index in [2.05, 4.69) is 20.9 Å². The molecule has 0 aliphatic heterocycles. The number of nitrogens with two attached hydrogens (primary N) is 3. The normalized spacial score (nSPS) is 13.7. The fourth-order valence-electron chi connectivity index (χ4n) is 1.71. The number of nitrogens with one attached hydrogen (secondary N) is 3. The first-order valence-corrected chi connectivity index (χ1v) is 7.95. The Labute approximate surface area is 150 Å². The molecule has 0 rings (SSSR count). The van der Waals surface area contributed by atoms with Crippen LogP contribution in [0, 0.1) is 0 Å². The van der Waals surface area contributed by atoms with E-state index >= 15 is 0 Å². The van der Waals surface area contributed by atoms with Crippen molar-refractivity contribution in [2.75, 3.05) is 13.1 Å². The summed E-state index contributed by atoms with van der Waals surface area (Å²) in [5, 5.41) is 15.6. The van der Waals surface area contributed by atoms with Crippen molar-refractivity contribution in [1.29, 1.82) is 0 Å². The summed E-state index contributed by atoms with van der Waals surface area (Å²) >= 11 is 0. The van der Waals surface area contributed by atoms with Crippen LogP contribution in [0.1, 0.15) is 26.7 Å². The van der Waals surface area contributed by atoms with Crippen molar-refractivity contribution < 1.29 is 24.3 Å². The smallest absolute Gasteiger partial charge is 0.325 e. The summed E-state index contributed by atoms with van der Waals surface area (Å²) in [6.45, 7) is 2.65. The first kappa shape index (κ1) is 23.1. The Hall–Kier alpha value is -2.89. The zero-order valence-electron chi connectivity index (χ0n) is 14.8. The van der Waals surface area contributed by atoms with Gasteiger partial charge >= 0.3 is 5.97 Å². The van der Waals surface area contributed by atoms with Gasteiger partial charge in [-0.25, -0.2) is 0 Å². The largest absolute Gasteiger partial charge is 0.480 e. The van der Waals surface area contributed by atoms with Gasteiger partial charge in [-0.2, -0.15) is 0 Å². The standard InChI is InChI=1S/C14H27N7O5/c1-7(11(23)21-8(2)13(25)26)20-10(22)6-19-12(24)9(15)4-3-5-18-14(16)17/h7-9H,3-6,15H2,1-2H3,(H,19,24)(H,20,22)(H,21,23)(H,25,26)(H4,16,17,18). The Morgan fingerprint density at radius 2 is 1.65 bits per heavy atom. The molecule has 0 aromatic rings. The highest BCUT2D eigenvalue weighted by Crippen LogP contribution is 1.95. The Bertz CT molecular complexity index is 548. The van der Waals surface area contributed by atoms with E-state index in [9.17, 15) is 19.2 Å². The van der Waals surface area contributed by atoms with E-state index in [0.29, 0.717) is 19.4 Å². The maximum atomic E-state index is 11.8. The van der Waals surface area contributed by atoms with Gasteiger partial charge in [-0.05, 0) is 26.7 Å². The van der Waals surface area contributed by atoms with Gasteiger partial charge in [0.15, 0.2) is 5.96 Å². The average Bonchev–Trinajstić information content (AvgIpc) is 2.55. The quantitative estimate of drug-likeness (QED) is 0.110. The highest BCUT2D eigenvalue weighted by molar-refractivity contribution is 5.92. The molecule has 0 saturated carbocycles. The monoisotopic (exact) mass is 373 g/mol. The van der Waals surface area contributed by atoms with E-state index in [1.54, 1.807) is 0 Å². The van der Waals surface area contributed by atoms with Crippen LogP contribution in [0.4, 0.5) is 0 Å². The van der Waals surface area contributed by atoms with Gasteiger partial charge in [-0.3, -0.25) is 24.2 Å². The summed E-state index contributed by atoms with van der Waals surface area (Å²) in [5.41, 5.74) is 16.0. The van der Waals surface area contributed by atoms with Gasteiger partial charge in [0.05, 0.1) is 12.6 Å². The van der Waals surface area contributed by atoms with Gasteiger partial charge < -0.3 is 38.3 Å². The van der Waals surface area contributed by atoms with Crippen molar-refractivity contribution >= 4 is 29.7 Å². The van der Waals surface area contributed by atoms with E-state index in [1.807, 2.05) is 0 Å². The first-order valence-electron chi connectivity index (χ1n) is 7.95. The van der Waals surface area contributed by atoms with Crippen LogP contribution in [-0.2, 0) is 19.2 Å². The molecule has 0 fully saturated rings. The number of carbonyl (C=O) groups excluding carboxylic acids is 3. The van der Waals surface area contributed by atoms with Crippen molar-refractivity contribution in [2.24, 2.45) is 22.2 Å². The number of aliphatic carboxylic acids is 1. The second kappa shape index (κ2) is 11.6. The van der Waals surface area contributed by atoms with Crippen molar-refractivity contribution in [1.82, 2.24) is 16.0 Å². The number of aliphatic imine (C=N–C) groups is 1. The van der Waals surface area contributed by atoms with Crippen molar-refractivity contribution in [3.05, 3.63) is 0 Å². The van der Waals surface area contributed by atoms with E-state index in [-0.39, 0.29) is 12.5 Å². The summed E-state index contributed by atoms with van der Waals surface area (Å²) in [4.78, 5) is 49.6. The number of hydrogen-bond donors (Lipinski definition) is 7. The molecule has 148 valence electrons. The number of rotatable bonds is 11. The zero-order chi connectivity index (χ0) is 20.3. The lowest BCUT2D eigenvalue weighted by Gasteiger charge is -2.17. The third-order valence-corrected chi connectivity index (χ3v) is 3.23. The molecule has 10 N–H and O–H groups in total. The summed E-state index contributed by atoms with van der Waals surface area (Å²) < 4.78 is 0. The van der Waals surface area contributed by atoms with Crippen LogP contribution >= 0.6 is 0 Å². The zero-order valence-corrected chi connectivity index (χ0v) is 14.8. The molecule has 0 aromatic carbocycles. The number of guanidine groups is 1. The molecular weight excluding hydrogens is 346 g/mol. The summed E-state index contributed by atoms with van der Waals surface area (Å²) in [6, 6.07) is -2.87. The average molecular weight is 373 g/mol. The summed E-state index contributed by atoms with van der Waals surface area (Å²) in [5.74, 6) is -3.04. The van der Waals surface area contributed by atoms with Crippen LogP contribution in [0.15, 0.2) is 4.99 Å². The molecule has 0 bridgehead atoms. The Balaban J connectivity index is 4.16. The summed E-state index contributed by atoms with van der Waals surface area (Å²) in [6.07, 6.45) is 0.827. The Kier molecular flexibility index (Phi) is 10.3. The van der Waals surface area contributed by atoms with Crippen LogP contribution in [0.2, 0.25) is 0 Å². The van der Waals surface area contributed by atoms with Crippen LogP contribution < -0.4 is 33.2 Å². The molecule has 0 heterocycles. The Morgan fingerprint density at radius 3 is 2.19 bits per heavy atom. The van der Waals surface area contributed by atoms with Gasteiger partial charge in [0.2, 0.25) is 17.7 Å². The van der Waals surface area contributed by atoms with Crippen molar-refractivity contribution in [3.63, 3.8) is 0 Å². The van der Waals surface area contributed by atoms with Gasteiger partial charge in [-0.15, -0.1) is 0 Å². The summed E-state index contributed by atoms with van der Waals surface area (Å²) in [7, 11) is 0. The maximum absolute atomic E-state index is 11.8. The number of hydrogen-bond acceptors (Lipinski definition) is 6. The maximum Gasteiger partial charge on any atom is 0.325 e. The van der Waals surface area contributed by atoms with Crippen LogP contribution in [-0.4, -0.2) is 66.0 Å². The number of carbonyl (C=O) groups is 4. The van der Waals surface area contributed by atoms with Gasteiger partial charge in [0, 0.05) is 6.54 Å². The first-order chi connectivity index (χ1) is 12.0. The fraction of sp³-hybridized carbons (Fsp3) is 0.643. The number of carboxylic acids is 1. The van der Waals surface area contributed by atoms with E-state index < -0.39 is 41.8 Å². The van der Waals surface area contributed by atoms with Crippen LogP contribution in [0.25, 0.3) is 0 Å². The van der Waals surface area contributed by atoms with Gasteiger partial charge in [0.25, 0.3) is 0 Å². The third-order valence-electron chi connectivity index (χ3n) is 3.23. The predicted octanol–water partition coefficient (Wildman–Crippen LogP) is -3.42. The molecule has 3 unspecified atom stereocenters. The molecular formula is C14H27N7O5. The molecule has 0 spiro atoms. The minimum absolute atomic E-state index is 0.0457. The lowest BCUT2D eigenvalue weighted by molar-refractivity contribution is -0.141. The third kappa shape index (κ3) is 10.1. The Morgan fingerprint density at radius 1 is 1.04 bits per heavy atom. The minimum Gasteiger partial charge on any atom is -0.480 e. The van der Waals surface area contributed by atoms with E-state index in [4.69, 9.17) is 22.3 Å². The second-order valence-corrected chi connectivity index (χ2v) is 5.63. The van der Waals surface area contributed by atoms with Crippen LogP contribution in [0.3, 0.4) is 0 Å². The van der Waals surface area contributed by atoms with Crippen LogP contribution in [0.5, 0.6) is 0 Å². The molecule has 0 aromatic heterocycles. The fourth-order valence-corrected chi connectivity index (χ4v) is 1.71. The number of carboxylic acid groups (broad SMARTS) is 1. The molecule has 3 atom stereocenters. The molecule has 0 saturated heterocycles. The van der Waals surface area contributed by atoms with Gasteiger partial charge in [-0.1, -0.05) is 0 Å². The molecule has 26 heavy (non-hydrogen) atoms. The minimum atomic E-state index is -1.20. The predicted molar refractivity (Wildman–Crippen MR) is 93.7 cm³/mol. The topological polar surface area (TPSA) is 215 Å². The van der Waals surface area contributed by atoms with Gasteiger partial charge in [0.1, 0.15) is 12.1 Å². The van der Waals surface area contributed by atoms with Crippen molar-refractivity contribution in [3.8, 4) is 0 Å². The highest BCUT2D eigenvalue weighted by Gasteiger charge is 2.21. The lowest BCUT2D eigenvalue weighted by atomic mass is 10.1. The molecule has 0 radical (unpaired) electrons. The van der Waals surface area contributed by atoms with E-state index in [0.717, 1.165) is 0 Å². The van der Waals surface area contributed by atoms with E-state index in [1.165, 1.54) is 13.8 Å². The molecule has 0 aliphatic carbocycles. The number of nitrogens with zero attached hydrogens (tertiary/aromatic N) is 1. The molecule has 12 heteroatoms.